The van der Waals surface area contributed by atoms with Crippen LogP contribution in [0.3, 0.4) is 0 Å². The maximum Gasteiger partial charge on any atom is 0.174 e. The van der Waals surface area contributed by atoms with E-state index >= 15 is 0 Å². The van der Waals surface area contributed by atoms with Crippen LogP contribution in [-0.4, -0.2) is 20.3 Å². The van der Waals surface area contributed by atoms with Gasteiger partial charge in [0.25, 0.3) is 0 Å². The Morgan fingerprint density at radius 3 is 2.86 bits per heavy atom. The lowest BCUT2D eigenvalue weighted by atomic mass is 10.3. The van der Waals surface area contributed by atoms with E-state index in [0.29, 0.717) is 13.2 Å². The van der Waals surface area contributed by atoms with Gasteiger partial charge in [0.2, 0.25) is 0 Å². The van der Waals surface area contributed by atoms with Crippen LogP contribution in [0.1, 0.15) is 6.42 Å². The molecule has 0 saturated heterocycles. The monoisotopic (exact) mass is 259 g/mol. The molecule has 0 heterocycles. The minimum Gasteiger partial charge on any atom is -0.492 e. The van der Waals surface area contributed by atoms with E-state index in [0.717, 1.165) is 22.4 Å². The third kappa shape index (κ3) is 2.89. The lowest BCUT2D eigenvalue weighted by Gasteiger charge is -2.11. The second-order valence-corrected chi connectivity index (χ2v) is 3.62. The molecule has 0 spiro atoms. The third-order valence-electron chi connectivity index (χ3n) is 1.74. The summed E-state index contributed by atoms with van der Waals surface area (Å²) < 4.78 is 11.6. The molecule has 0 aliphatic carbocycles. The van der Waals surface area contributed by atoms with E-state index in [-0.39, 0.29) is 0 Å². The predicted molar refractivity (Wildman–Crippen MR) is 59.9 cm³/mol. The van der Waals surface area contributed by atoms with Crippen molar-refractivity contribution in [3.63, 3.8) is 0 Å². The van der Waals surface area contributed by atoms with Crippen molar-refractivity contribution in [3.8, 4) is 11.5 Å². The van der Waals surface area contributed by atoms with Crippen LogP contribution in [0.5, 0.6) is 11.5 Å². The molecular formula is C10H14BrNO2. The number of hydrogen-bond donors (Lipinski definition) is 1. The van der Waals surface area contributed by atoms with Crippen molar-refractivity contribution in [2.75, 3.05) is 20.3 Å². The first kappa shape index (κ1) is 11.3. The summed E-state index contributed by atoms with van der Waals surface area (Å²) >= 11 is 3.39. The molecule has 0 radical (unpaired) electrons. The van der Waals surface area contributed by atoms with Crippen molar-refractivity contribution in [2.45, 2.75) is 6.42 Å². The topological polar surface area (TPSA) is 44.5 Å². The Hall–Kier alpha value is -0.740. The average molecular weight is 260 g/mol. The zero-order valence-electron chi connectivity index (χ0n) is 8.13. The number of para-hydroxylation sites is 1. The highest BCUT2D eigenvalue weighted by Crippen LogP contribution is 2.34. The van der Waals surface area contributed by atoms with E-state index in [1.165, 1.54) is 0 Å². The Balaban J connectivity index is 2.70. The number of ether oxygens (including phenoxy) is 2. The first-order chi connectivity index (χ1) is 6.79. The third-order valence-corrected chi connectivity index (χ3v) is 2.37. The molecule has 0 bridgehead atoms. The summed E-state index contributed by atoms with van der Waals surface area (Å²) in [5, 5.41) is 0. The zero-order valence-corrected chi connectivity index (χ0v) is 9.71. The van der Waals surface area contributed by atoms with Gasteiger partial charge in [-0.25, -0.2) is 0 Å². The summed E-state index contributed by atoms with van der Waals surface area (Å²) in [5.74, 6) is 1.47. The Morgan fingerprint density at radius 1 is 1.43 bits per heavy atom. The van der Waals surface area contributed by atoms with Gasteiger partial charge < -0.3 is 15.2 Å². The number of methoxy groups -OCH3 is 1. The maximum atomic E-state index is 5.51. The lowest BCUT2D eigenvalue weighted by molar-refractivity contribution is 0.290. The van der Waals surface area contributed by atoms with Crippen LogP contribution in [0.25, 0.3) is 0 Å². The first-order valence-corrected chi connectivity index (χ1v) is 5.24. The summed E-state index contributed by atoms with van der Waals surface area (Å²) in [6.45, 7) is 1.25. The van der Waals surface area contributed by atoms with E-state index in [9.17, 15) is 0 Å². The summed E-state index contributed by atoms with van der Waals surface area (Å²) in [6, 6.07) is 5.69. The van der Waals surface area contributed by atoms with Crippen molar-refractivity contribution < 1.29 is 9.47 Å². The first-order valence-electron chi connectivity index (χ1n) is 4.45. The molecule has 0 amide bonds. The van der Waals surface area contributed by atoms with Crippen LogP contribution in [-0.2, 0) is 0 Å². The van der Waals surface area contributed by atoms with Gasteiger partial charge in [-0.15, -0.1) is 0 Å². The van der Waals surface area contributed by atoms with E-state index in [1.807, 2.05) is 18.2 Å². The fourth-order valence-corrected chi connectivity index (χ4v) is 1.58. The molecule has 0 atom stereocenters. The molecule has 0 aliphatic rings. The van der Waals surface area contributed by atoms with Crippen molar-refractivity contribution in [1.82, 2.24) is 0 Å². The van der Waals surface area contributed by atoms with Gasteiger partial charge >= 0.3 is 0 Å². The smallest absolute Gasteiger partial charge is 0.174 e. The van der Waals surface area contributed by atoms with Crippen LogP contribution in [0.4, 0.5) is 0 Å². The highest BCUT2D eigenvalue weighted by atomic mass is 79.9. The van der Waals surface area contributed by atoms with Crippen molar-refractivity contribution in [1.29, 1.82) is 0 Å². The van der Waals surface area contributed by atoms with Gasteiger partial charge in [-0.3, -0.25) is 0 Å². The molecule has 1 aromatic carbocycles. The average Bonchev–Trinajstić information content (AvgIpc) is 2.18. The van der Waals surface area contributed by atoms with E-state index in [4.69, 9.17) is 15.2 Å². The quantitative estimate of drug-likeness (QED) is 0.825. The van der Waals surface area contributed by atoms with Crippen molar-refractivity contribution >= 4 is 15.9 Å². The molecule has 1 aromatic rings. The van der Waals surface area contributed by atoms with Crippen LogP contribution in [0.2, 0.25) is 0 Å². The van der Waals surface area contributed by atoms with Gasteiger partial charge in [0.05, 0.1) is 18.2 Å². The van der Waals surface area contributed by atoms with E-state index in [2.05, 4.69) is 15.9 Å². The molecular weight excluding hydrogens is 246 g/mol. The van der Waals surface area contributed by atoms with Gasteiger partial charge in [0, 0.05) is 0 Å². The Bertz CT molecular complexity index is 291. The Morgan fingerprint density at radius 2 is 2.21 bits per heavy atom. The van der Waals surface area contributed by atoms with E-state index in [1.54, 1.807) is 7.11 Å². The molecule has 0 saturated carbocycles. The lowest BCUT2D eigenvalue weighted by Crippen LogP contribution is -2.06. The van der Waals surface area contributed by atoms with Crippen LogP contribution < -0.4 is 15.2 Å². The SMILES string of the molecule is COc1c(Br)cccc1OCCCN. The standard InChI is InChI=1S/C10H14BrNO2/c1-13-10-8(11)4-2-5-9(10)14-7-3-6-12/h2,4-5H,3,6-7,12H2,1H3. The minimum absolute atomic E-state index is 0.614. The summed E-state index contributed by atoms with van der Waals surface area (Å²) in [4.78, 5) is 0. The highest BCUT2D eigenvalue weighted by Gasteiger charge is 2.06. The number of nitrogens with two attached hydrogens (primary N) is 1. The van der Waals surface area contributed by atoms with E-state index < -0.39 is 0 Å². The second kappa shape index (κ2) is 5.88. The van der Waals surface area contributed by atoms with Gasteiger partial charge in [0.1, 0.15) is 0 Å². The maximum absolute atomic E-state index is 5.51. The molecule has 0 aromatic heterocycles. The second-order valence-electron chi connectivity index (χ2n) is 2.76. The Kier molecular flexibility index (Phi) is 4.76. The molecule has 4 heteroatoms. The Labute approximate surface area is 92.3 Å². The molecule has 3 nitrogen and oxygen atoms in total. The van der Waals surface area contributed by atoms with Gasteiger partial charge in [-0.1, -0.05) is 6.07 Å². The minimum atomic E-state index is 0.614. The molecule has 0 aliphatic heterocycles. The fraction of sp³-hybridized carbons (Fsp3) is 0.400. The highest BCUT2D eigenvalue weighted by molar-refractivity contribution is 9.10. The molecule has 0 fully saturated rings. The zero-order chi connectivity index (χ0) is 10.4. The van der Waals surface area contributed by atoms with Gasteiger partial charge in [0.15, 0.2) is 11.5 Å². The molecule has 14 heavy (non-hydrogen) atoms. The predicted octanol–water partition coefficient (Wildman–Crippen LogP) is 2.19. The van der Waals surface area contributed by atoms with Gasteiger partial charge in [-0.05, 0) is 41.0 Å². The normalized spacial score (nSPS) is 9.93. The van der Waals surface area contributed by atoms with Crippen LogP contribution in [0.15, 0.2) is 22.7 Å². The van der Waals surface area contributed by atoms with Crippen molar-refractivity contribution in [2.24, 2.45) is 5.73 Å². The molecule has 0 unspecified atom stereocenters. The summed E-state index contributed by atoms with van der Waals surface area (Å²) in [7, 11) is 1.62. The molecule has 78 valence electrons. The van der Waals surface area contributed by atoms with Crippen LogP contribution >= 0.6 is 15.9 Å². The molecule has 1 rings (SSSR count). The summed E-state index contributed by atoms with van der Waals surface area (Å²) in [6.07, 6.45) is 0.843. The number of halogens is 1. The van der Waals surface area contributed by atoms with Crippen molar-refractivity contribution in [3.05, 3.63) is 22.7 Å². The largest absolute Gasteiger partial charge is 0.492 e. The number of benzene rings is 1. The molecule has 2 N–H and O–H groups in total. The van der Waals surface area contributed by atoms with Crippen LogP contribution in [0, 0.1) is 0 Å². The van der Waals surface area contributed by atoms with Gasteiger partial charge in [-0.2, -0.15) is 0 Å². The number of rotatable bonds is 5. The summed E-state index contributed by atoms with van der Waals surface area (Å²) in [5.41, 5.74) is 5.37. The number of hydrogen-bond acceptors (Lipinski definition) is 3. The fourth-order valence-electron chi connectivity index (χ4n) is 1.07.